The molecule has 0 saturated carbocycles. The molecule has 2 heterocycles. The summed E-state index contributed by atoms with van der Waals surface area (Å²) in [6.45, 7) is 11.4. The summed E-state index contributed by atoms with van der Waals surface area (Å²) in [7, 11) is 1.99. The lowest BCUT2D eigenvalue weighted by molar-refractivity contribution is 0.554. The van der Waals surface area contributed by atoms with Gasteiger partial charge in [0.1, 0.15) is 5.82 Å². The van der Waals surface area contributed by atoms with E-state index in [0.29, 0.717) is 5.92 Å². The van der Waals surface area contributed by atoms with Gasteiger partial charge >= 0.3 is 0 Å². The van der Waals surface area contributed by atoms with Crippen LogP contribution in [0.3, 0.4) is 0 Å². The number of nitrogens with one attached hydrogen (secondary N) is 2. The number of hydrogen-bond donors (Lipinski definition) is 2. The molecule has 2 N–H and O–H groups in total. The average molecular weight is 397 g/mol. The molecule has 3 aromatic rings. The van der Waals surface area contributed by atoms with Crippen LogP contribution in [-0.4, -0.2) is 28.5 Å². The van der Waals surface area contributed by atoms with Crippen molar-refractivity contribution in [2.45, 2.75) is 59.8 Å². The number of benzene rings is 1. The van der Waals surface area contributed by atoms with Gasteiger partial charge in [0.05, 0.1) is 11.4 Å². The van der Waals surface area contributed by atoms with Crippen LogP contribution in [0.25, 0.3) is 22.5 Å². The summed E-state index contributed by atoms with van der Waals surface area (Å²) < 4.78 is 0. The van der Waals surface area contributed by atoms with Gasteiger partial charge in [0.25, 0.3) is 0 Å². The van der Waals surface area contributed by atoms with Crippen molar-refractivity contribution in [3.05, 3.63) is 60.7 Å². The fraction of sp³-hybridized carbons (Fsp3) is 0.440. The molecule has 4 nitrogen and oxygen atoms in total. The summed E-state index contributed by atoms with van der Waals surface area (Å²) in [6.07, 6.45) is 7.14. The molecular weight excluding hydrogens is 356 g/mol. The van der Waals surface area contributed by atoms with Crippen molar-refractivity contribution >= 4 is 0 Å². The normalized spacial score (nSPS) is 11.0. The molecule has 0 fully saturated rings. The Hall–Kier alpha value is -2.46. The van der Waals surface area contributed by atoms with Crippen molar-refractivity contribution in [3.63, 3.8) is 0 Å². The highest BCUT2D eigenvalue weighted by molar-refractivity contribution is 5.78. The second-order valence-electron chi connectivity index (χ2n) is 6.70. The maximum atomic E-state index is 4.98. The molecule has 3 rings (SSSR count). The molecule has 0 aliphatic heterocycles. The minimum Gasteiger partial charge on any atom is -0.341 e. The Morgan fingerprint density at radius 3 is 2.14 bits per heavy atom. The van der Waals surface area contributed by atoms with E-state index in [1.54, 1.807) is 0 Å². The summed E-state index contributed by atoms with van der Waals surface area (Å²) in [5, 5.41) is 3.29. The Labute approximate surface area is 178 Å². The fourth-order valence-electron chi connectivity index (χ4n) is 3.05. The Morgan fingerprint density at radius 1 is 0.966 bits per heavy atom. The maximum absolute atomic E-state index is 4.98. The lowest BCUT2D eigenvalue weighted by Crippen LogP contribution is -2.18. The minimum absolute atomic E-state index is 0. The molecule has 4 heteroatoms. The summed E-state index contributed by atoms with van der Waals surface area (Å²) >= 11 is 0. The molecule has 0 bridgehead atoms. The van der Waals surface area contributed by atoms with Gasteiger partial charge in [-0.25, -0.2) is 4.98 Å². The van der Waals surface area contributed by atoms with Crippen LogP contribution in [0.4, 0.5) is 0 Å². The molecule has 0 amide bonds. The van der Waals surface area contributed by atoms with Crippen LogP contribution in [0.5, 0.6) is 0 Å². The molecule has 2 aromatic heterocycles. The largest absolute Gasteiger partial charge is 0.341 e. The molecule has 1 aromatic carbocycles. The van der Waals surface area contributed by atoms with Gasteiger partial charge < -0.3 is 10.3 Å². The molecule has 0 radical (unpaired) electrons. The lowest BCUT2D eigenvalue weighted by Gasteiger charge is -2.12. The lowest BCUT2D eigenvalue weighted by atomic mass is 10.0. The third kappa shape index (κ3) is 7.47. The molecule has 1 atom stereocenters. The first-order chi connectivity index (χ1) is 14.2. The van der Waals surface area contributed by atoms with E-state index in [2.05, 4.69) is 60.3 Å². The van der Waals surface area contributed by atoms with Gasteiger partial charge in [-0.3, -0.25) is 4.98 Å². The quantitative estimate of drug-likeness (QED) is 0.455. The Kier molecular flexibility index (Phi) is 12.3. The number of likely N-dealkylation sites (N-methyl/N-ethyl adjacent to an activating group) is 1. The van der Waals surface area contributed by atoms with Crippen molar-refractivity contribution in [3.8, 4) is 22.5 Å². The van der Waals surface area contributed by atoms with E-state index >= 15 is 0 Å². The zero-order chi connectivity index (χ0) is 21.5. The standard InChI is InChI=1S/C20H24N4.C3H8.C2H6.H2/c1-3-7-17(14-21-2)20-23-18(15-8-5-4-6-9-15)19(24-20)16-10-12-22-13-11-16;1-3-2;1-2;/h4-6,8-13,17,21H,3,7,14H2,1-2H3,(H,23,24);3H2,1-2H3;1-2H3;1H. The fourth-order valence-corrected chi connectivity index (χ4v) is 3.05. The predicted molar refractivity (Wildman–Crippen MR) is 128 cm³/mol. The zero-order valence-electron chi connectivity index (χ0n) is 19.0. The second kappa shape index (κ2) is 14.5. The zero-order valence-corrected chi connectivity index (χ0v) is 19.0. The highest BCUT2D eigenvalue weighted by Crippen LogP contribution is 2.32. The van der Waals surface area contributed by atoms with E-state index in [0.717, 1.165) is 47.7 Å². The highest BCUT2D eigenvalue weighted by atomic mass is 15.0. The first kappa shape index (κ1) is 24.6. The van der Waals surface area contributed by atoms with E-state index in [4.69, 9.17) is 4.98 Å². The Morgan fingerprint density at radius 2 is 1.59 bits per heavy atom. The third-order valence-corrected chi connectivity index (χ3v) is 4.21. The third-order valence-electron chi connectivity index (χ3n) is 4.21. The van der Waals surface area contributed by atoms with Crippen molar-refractivity contribution in [1.82, 2.24) is 20.3 Å². The summed E-state index contributed by atoms with van der Waals surface area (Å²) in [5.74, 6) is 1.44. The first-order valence-electron chi connectivity index (χ1n) is 10.9. The summed E-state index contributed by atoms with van der Waals surface area (Å²) in [4.78, 5) is 12.7. The van der Waals surface area contributed by atoms with Gasteiger partial charge in [0, 0.05) is 37.4 Å². The number of aromatic nitrogens is 3. The van der Waals surface area contributed by atoms with Crippen LogP contribution in [0, 0.1) is 0 Å². The number of nitrogens with zero attached hydrogens (tertiary/aromatic N) is 2. The van der Waals surface area contributed by atoms with Gasteiger partial charge in [-0.2, -0.15) is 0 Å². The molecule has 160 valence electrons. The number of aromatic amines is 1. The van der Waals surface area contributed by atoms with Crippen LogP contribution in [0.2, 0.25) is 0 Å². The van der Waals surface area contributed by atoms with Gasteiger partial charge in [-0.15, -0.1) is 0 Å². The molecule has 0 spiro atoms. The van der Waals surface area contributed by atoms with Crippen molar-refractivity contribution in [2.75, 3.05) is 13.6 Å². The van der Waals surface area contributed by atoms with Gasteiger partial charge in [-0.1, -0.05) is 77.8 Å². The first-order valence-corrected chi connectivity index (χ1v) is 10.9. The van der Waals surface area contributed by atoms with Crippen LogP contribution in [0.15, 0.2) is 54.9 Å². The van der Waals surface area contributed by atoms with E-state index in [-0.39, 0.29) is 1.43 Å². The number of imidazole rings is 1. The van der Waals surface area contributed by atoms with Gasteiger partial charge in [-0.05, 0) is 25.6 Å². The summed E-state index contributed by atoms with van der Waals surface area (Å²) in [6, 6.07) is 14.4. The van der Waals surface area contributed by atoms with Crippen molar-refractivity contribution in [1.29, 1.82) is 0 Å². The van der Waals surface area contributed by atoms with E-state index in [1.807, 2.05) is 51.5 Å². The van der Waals surface area contributed by atoms with Gasteiger partial charge in [0.15, 0.2) is 0 Å². The SMILES string of the molecule is CC.CCC.CCCC(CNC)c1nc(-c2ccccc2)c(-c2ccncc2)[nH]1.[HH]. The smallest absolute Gasteiger partial charge is 0.111 e. The van der Waals surface area contributed by atoms with Crippen molar-refractivity contribution < 1.29 is 1.43 Å². The van der Waals surface area contributed by atoms with E-state index in [9.17, 15) is 0 Å². The molecular formula is C25H40N4. The average Bonchev–Trinajstić information content (AvgIpc) is 3.22. The Balaban J connectivity index is 0.00000129. The highest BCUT2D eigenvalue weighted by Gasteiger charge is 2.19. The van der Waals surface area contributed by atoms with Crippen LogP contribution in [0.1, 0.15) is 67.1 Å². The molecule has 0 saturated heterocycles. The Bertz CT molecular complexity index is 709. The number of rotatable bonds is 7. The number of hydrogen-bond acceptors (Lipinski definition) is 3. The monoisotopic (exact) mass is 396 g/mol. The topological polar surface area (TPSA) is 53.6 Å². The second-order valence-corrected chi connectivity index (χ2v) is 6.70. The summed E-state index contributed by atoms with van der Waals surface area (Å²) in [5.41, 5.74) is 4.32. The number of H-pyrrole nitrogens is 1. The predicted octanol–water partition coefficient (Wildman–Crippen LogP) is 6.93. The van der Waals surface area contributed by atoms with Crippen LogP contribution in [-0.2, 0) is 0 Å². The number of pyridine rings is 1. The van der Waals surface area contributed by atoms with Crippen LogP contribution < -0.4 is 5.32 Å². The molecule has 1 unspecified atom stereocenters. The molecule has 0 aliphatic rings. The molecule has 0 aliphatic carbocycles. The molecule has 29 heavy (non-hydrogen) atoms. The van der Waals surface area contributed by atoms with Gasteiger partial charge in [0.2, 0.25) is 0 Å². The maximum Gasteiger partial charge on any atom is 0.111 e. The van der Waals surface area contributed by atoms with E-state index in [1.165, 1.54) is 6.42 Å². The van der Waals surface area contributed by atoms with Crippen LogP contribution >= 0.6 is 0 Å². The van der Waals surface area contributed by atoms with E-state index < -0.39 is 0 Å². The van der Waals surface area contributed by atoms with Crippen molar-refractivity contribution in [2.24, 2.45) is 0 Å². The minimum atomic E-state index is 0.